The van der Waals surface area contributed by atoms with E-state index in [1.807, 2.05) is 30.3 Å². The highest BCUT2D eigenvalue weighted by atomic mass is 14.9. The van der Waals surface area contributed by atoms with Crippen LogP contribution in [0.2, 0.25) is 0 Å². The zero-order valence-electron chi connectivity index (χ0n) is 27.7. The van der Waals surface area contributed by atoms with Crippen LogP contribution in [0, 0.1) is 0 Å². The van der Waals surface area contributed by atoms with Crippen LogP contribution in [-0.4, -0.2) is 16.2 Å². The highest BCUT2D eigenvalue weighted by Crippen LogP contribution is 2.43. The van der Waals surface area contributed by atoms with Gasteiger partial charge in [-0.3, -0.25) is 4.99 Å². The van der Waals surface area contributed by atoms with E-state index in [0.717, 1.165) is 46.5 Å². The van der Waals surface area contributed by atoms with Crippen LogP contribution >= 0.6 is 0 Å². The molecule has 1 aliphatic carbocycles. The fraction of sp³-hybridized carbons (Fsp3) is 0.0426. The lowest BCUT2D eigenvalue weighted by Gasteiger charge is -2.20. The minimum atomic E-state index is 0.687. The van der Waals surface area contributed by atoms with E-state index in [1.165, 1.54) is 43.8 Å². The summed E-state index contributed by atoms with van der Waals surface area (Å²) in [5.74, 6) is 0.687. The molecule has 0 N–H and O–H groups in total. The van der Waals surface area contributed by atoms with Gasteiger partial charge < -0.3 is 0 Å². The Balaban J connectivity index is 1.24. The van der Waals surface area contributed by atoms with E-state index in [4.69, 9.17) is 9.97 Å². The van der Waals surface area contributed by atoms with Crippen molar-refractivity contribution in [2.45, 2.75) is 12.8 Å². The first kappa shape index (κ1) is 30.9. The van der Waals surface area contributed by atoms with E-state index in [2.05, 4.69) is 139 Å². The second-order valence-corrected chi connectivity index (χ2v) is 12.4. The van der Waals surface area contributed by atoms with Gasteiger partial charge in [0.1, 0.15) is 0 Å². The Morgan fingerprint density at radius 3 is 1.86 bits per heavy atom. The van der Waals surface area contributed by atoms with Crippen molar-refractivity contribution in [1.29, 1.82) is 0 Å². The normalized spacial score (nSPS) is 13.0. The van der Waals surface area contributed by atoms with Crippen molar-refractivity contribution in [3.8, 4) is 45.0 Å². The second kappa shape index (κ2) is 14.0. The van der Waals surface area contributed by atoms with Gasteiger partial charge in [0.25, 0.3) is 0 Å². The molecule has 8 rings (SSSR count). The molecule has 0 atom stereocenters. The molecule has 0 fully saturated rings. The number of hydrogen-bond acceptors (Lipinski definition) is 3. The number of aromatic nitrogens is 2. The lowest BCUT2D eigenvalue weighted by molar-refractivity contribution is 1.06. The zero-order valence-corrected chi connectivity index (χ0v) is 27.7. The van der Waals surface area contributed by atoms with E-state index < -0.39 is 0 Å². The number of fused-ring (bicyclic) bond motifs is 2. The van der Waals surface area contributed by atoms with E-state index in [-0.39, 0.29) is 0 Å². The molecule has 1 aromatic heterocycles. The van der Waals surface area contributed by atoms with Crippen LogP contribution in [0.5, 0.6) is 0 Å². The van der Waals surface area contributed by atoms with Crippen molar-refractivity contribution >= 4 is 39.4 Å². The first-order valence-electron chi connectivity index (χ1n) is 17.0. The molecule has 0 aliphatic heterocycles. The molecule has 50 heavy (non-hydrogen) atoms. The van der Waals surface area contributed by atoms with Gasteiger partial charge in [-0.25, -0.2) is 9.97 Å². The third-order valence-electron chi connectivity index (χ3n) is 9.22. The molecule has 7 aromatic rings. The summed E-state index contributed by atoms with van der Waals surface area (Å²) in [4.78, 5) is 14.4. The van der Waals surface area contributed by atoms with E-state index in [1.54, 1.807) is 18.5 Å². The number of hydrogen-bond donors (Lipinski definition) is 0. The van der Waals surface area contributed by atoms with Gasteiger partial charge in [0, 0.05) is 29.1 Å². The summed E-state index contributed by atoms with van der Waals surface area (Å²) in [7, 11) is 0. The fourth-order valence-corrected chi connectivity index (χ4v) is 6.90. The first-order chi connectivity index (χ1) is 24.8. The number of aliphatic imine (C=N–C) groups is 1. The Labute approximate surface area is 293 Å². The largest absolute Gasteiger partial charge is 0.265 e. The monoisotopic (exact) mass is 641 g/mol. The fourth-order valence-electron chi connectivity index (χ4n) is 6.90. The lowest BCUT2D eigenvalue weighted by atomic mass is 9.84. The minimum Gasteiger partial charge on any atom is -0.265 e. The summed E-state index contributed by atoms with van der Waals surface area (Å²) in [6, 6.07) is 47.2. The molecule has 0 amide bonds. The van der Waals surface area contributed by atoms with Crippen LogP contribution in [0.4, 0.5) is 0 Å². The molecule has 1 heterocycles. The molecule has 3 heteroatoms. The SMILES string of the molecule is C=CC=N/C=C/c1cccc(-c2cc(-c3ccccc3)nc(-c3ccc(-c4c5ccccc5c(C5=CC=CCC5)c5ccccc45)cc3)n2)c1. The Morgan fingerprint density at radius 1 is 0.580 bits per heavy atom. The van der Waals surface area contributed by atoms with Crippen molar-refractivity contribution in [1.82, 2.24) is 9.97 Å². The highest BCUT2D eigenvalue weighted by Gasteiger charge is 2.18. The average molecular weight is 642 g/mol. The molecular formula is C47H35N3. The molecule has 238 valence electrons. The lowest BCUT2D eigenvalue weighted by Crippen LogP contribution is -1.97. The van der Waals surface area contributed by atoms with Crippen LogP contribution in [0.3, 0.4) is 0 Å². The maximum atomic E-state index is 5.13. The van der Waals surface area contributed by atoms with E-state index >= 15 is 0 Å². The molecule has 3 nitrogen and oxygen atoms in total. The summed E-state index contributed by atoms with van der Waals surface area (Å²) in [5.41, 5.74) is 11.0. The van der Waals surface area contributed by atoms with Gasteiger partial charge in [0.05, 0.1) is 11.4 Å². The Kier molecular flexibility index (Phi) is 8.61. The molecule has 0 bridgehead atoms. The number of allylic oxidation sites excluding steroid dienone is 5. The molecule has 1 aliphatic rings. The quantitative estimate of drug-likeness (QED) is 0.122. The van der Waals surface area contributed by atoms with E-state index in [9.17, 15) is 0 Å². The Morgan fingerprint density at radius 2 is 1.20 bits per heavy atom. The summed E-state index contributed by atoms with van der Waals surface area (Å²) in [6.45, 7) is 3.69. The van der Waals surface area contributed by atoms with Crippen LogP contribution in [0.15, 0.2) is 176 Å². The van der Waals surface area contributed by atoms with Crippen LogP contribution in [0.25, 0.3) is 78.2 Å². The molecule has 0 spiro atoms. The topological polar surface area (TPSA) is 38.1 Å². The van der Waals surface area contributed by atoms with Gasteiger partial charge in [-0.2, -0.15) is 0 Å². The van der Waals surface area contributed by atoms with Gasteiger partial charge >= 0.3 is 0 Å². The summed E-state index contributed by atoms with van der Waals surface area (Å²) in [6.07, 6.45) is 15.9. The predicted octanol–water partition coefficient (Wildman–Crippen LogP) is 12.4. The average Bonchev–Trinajstić information content (AvgIpc) is 3.19. The smallest absolute Gasteiger partial charge is 0.160 e. The van der Waals surface area contributed by atoms with E-state index in [0.29, 0.717) is 5.82 Å². The summed E-state index contributed by atoms with van der Waals surface area (Å²) in [5, 5.41) is 5.11. The first-order valence-corrected chi connectivity index (χ1v) is 17.0. The summed E-state index contributed by atoms with van der Waals surface area (Å²) >= 11 is 0. The Bertz CT molecular complexity index is 2430. The van der Waals surface area contributed by atoms with Gasteiger partial charge in [-0.1, -0.05) is 152 Å². The minimum absolute atomic E-state index is 0.687. The summed E-state index contributed by atoms with van der Waals surface area (Å²) < 4.78 is 0. The highest BCUT2D eigenvalue weighted by molar-refractivity contribution is 6.18. The third kappa shape index (κ3) is 6.13. The van der Waals surface area contributed by atoms with Gasteiger partial charge in [-0.15, -0.1) is 0 Å². The van der Waals surface area contributed by atoms with Gasteiger partial charge in [0.2, 0.25) is 0 Å². The maximum Gasteiger partial charge on any atom is 0.160 e. The maximum absolute atomic E-state index is 5.13. The van der Waals surface area contributed by atoms with Crippen LogP contribution < -0.4 is 0 Å². The standard InChI is InChI=1S/C47H35N3/c1-2-29-48-30-28-33-14-13-19-38(31-33)44-32-43(34-15-5-3-6-16-34)49-47(50-44)37-26-24-36(25-27-37)46-41-22-11-9-20-39(41)45(35-17-7-4-8-18-35)40-21-10-12-23-42(40)46/h2-7,9-17,19-32H,1,8,18H2/b30-28+,48-29?. The van der Waals surface area contributed by atoms with Crippen LogP contribution in [-0.2, 0) is 0 Å². The third-order valence-corrected chi connectivity index (χ3v) is 9.22. The van der Waals surface area contributed by atoms with Crippen molar-refractivity contribution in [2.24, 2.45) is 4.99 Å². The number of benzene rings is 6. The predicted molar refractivity (Wildman–Crippen MR) is 213 cm³/mol. The molecule has 0 saturated heterocycles. The van der Waals surface area contributed by atoms with Crippen molar-refractivity contribution in [3.05, 3.63) is 182 Å². The van der Waals surface area contributed by atoms with Crippen molar-refractivity contribution in [2.75, 3.05) is 0 Å². The number of rotatable bonds is 8. The Hall–Kier alpha value is -6.45. The number of nitrogens with zero attached hydrogens (tertiary/aromatic N) is 3. The van der Waals surface area contributed by atoms with Gasteiger partial charge in [0.15, 0.2) is 5.82 Å². The second-order valence-electron chi connectivity index (χ2n) is 12.4. The molecule has 0 unspecified atom stereocenters. The van der Waals surface area contributed by atoms with Crippen molar-refractivity contribution in [3.63, 3.8) is 0 Å². The molecule has 0 saturated carbocycles. The van der Waals surface area contributed by atoms with Crippen molar-refractivity contribution < 1.29 is 0 Å². The van der Waals surface area contributed by atoms with Crippen LogP contribution in [0.1, 0.15) is 24.0 Å². The molecular weight excluding hydrogens is 607 g/mol. The zero-order chi connectivity index (χ0) is 33.7. The molecule has 6 aromatic carbocycles. The van der Waals surface area contributed by atoms with Gasteiger partial charge in [-0.05, 0) is 80.4 Å². The molecule has 0 radical (unpaired) electrons.